The minimum absolute atomic E-state index is 0.143. The van der Waals surface area contributed by atoms with E-state index in [4.69, 9.17) is 4.74 Å². The molecule has 12 nitrogen and oxygen atoms in total. The molecule has 2 fully saturated rings. The number of nitrogens with zero attached hydrogens (tertiary/aromatic N) is 4. The lowest BCUT2D eigenvalue weighted by Crippen LogP contribution is -2.43. The molecule has 51 heavy (non-hydrogen) atoms. The lowest BCUT2D eigenvalue weighted by Gasteiger charge is -2.38. The number of benzene rings is 3. The molecule has 2 saturated heterocycles. The fraction of sp³-hybridized carbons (Fsp3) is 0.359. The van der Waals surface area contributed by atoms with Gasteiger partial charge in [-0.25, -0.2) is 0 Å². The molecule has 3 N–H and O–H groups in total. The number of imide groups is 1. The van der Waals surface area contributed by atoms with Crippen LogP contribution in [0.15, 0.2) is 78.9 Å². The average Bonchev–Trinajstić information content (AvgIpc) is 3.75. The number of ether oxygens (including phenoxy) is 1. The quantitative estimate of drug-likeness (QED) is 0.207. The molecule has 0 saturated carbocycles. The third-order valence-corrected chi connectivity index (χ3v) is 10.4. The number of aromatic nitrogens is 2. The molecule has 1 unspecified atom stereocenters. The molecule has 0 radical (unpaired) electrons. The number of hydrogen-bond acceptors (Lipinski definition) is 8. The number of nitrogens with one attached hydrogen (secondary N) is 3. The number of aromatic amines is 1. The number of hydrogen-bond donors (Lipinski definition) is 3. The second-order valence-electron chi connectivity index (χ2n) is 13.6. The predicted octanol–water partition coefficient (Wildman–Crippen LogP) is 4.51. The van der Waals surface area contributed by atoms with Crippen molar-refractivity contribution in [3.63, 3.8) is 0 Å². The first-order chi connectivity index (χ1) is 24.8. The molecule has 7 rings (SSSR count). The number of methoxy groups -OCH3 is 1. The van der Waals surface area contributed by atoms with Crippen LogP contribution in [0, 0.1) is 0 Å². The molecule has 1 aromatic heterocycles. The SMILES string of the molecule is CO[C@@H](C(=O)N1Cc2[nH]nc(NC(=O)c3ccc(N4CCC(N(C)Cc5ccc(C6CCC(=O)NC6=O)cc5)CC4)cc3)c2C1)c1ccccc1. The summed E-state index contributed by atoms with van der Waals surface area (Å²) in [5.74, 6) is -0.640. The van der Waals surface area contributed by atoms with Gasteiger partial charge in [-0.15, -0.1) is 0 Å². The van der Waals surface area contributed by atoms with Gasteiger partial charge in [-0.1, -0.05) is 54.6 Å². The van der Waals surface area contributed by atoms with Gasteiger partial charge in [0.25, 0.3) is 11.8 Å². The number of fused-ring (bicyclic) bond motifs is 1. The minimum Gasteiger partial charge on any atom is -0.371 e. The van der Waals surface area contributed by atoms with E-state index in [2.05, 4.69) is 49.8 Å². The van der Waals surface area contributed by atoms with E-state index in [0.717, 1.165) is 60.5 Å². The van der Waals surface area contributed by atoms with Crippen LogP contribution in [-0.2, 0) is 38.8 Å². The molecule has 0 spiro atoms. The third kappa shape index (κ3) is 7.42. The number of carbonyl (C=O) groups is 4. The van der Waals surface area contributed by atoms with Crippen LogP contribution in [0.2, 0.25) is 0 Å². The fourth-order valence-electron chi connectivity index (χ4n) is 7.42. The Bertz CT molecular complexity index is 1890. The predicted molar refractivity (Wildman–Crippen MR) is 192 cm³/mol. The third-order valence-electron chi connectivity index (χ3n) is 10.4. The lowest BCUT2D eigenvalue weighted by molar-refractivity contribution is -0.143. The first-order valence-electron chi connectivity index (χ1n) is 17.5. The van der Waals surface area contributed by atoms with Crippen molar-refractivity contribution in [3.05, 3.63) is 112 Å². The standard InChI is InChI=1S/C39H43N7O5/c1-44(22-25-8-10-26(11-9-25)31-16-17-34(47)40-38(31)49)29-18-20-45(21-19-29)30-14-12-28(13-15-30)37(48)41-36-32-23-46(24-33(32)42-43-36)39(50)35(51-2)27-6-4-3-5-7-27/h3-15,29,31,35H,16-24H2,1-2H3,(H,40,47,49)(H2,41,42,43,48)/t31?,35-/m1/s1. The van der Waals surface area contributed by atoms with Gasteiger partial charge in [0.15, 0.2) is 11.9 Å². The molecular weight excluding hydrogens is 646 g/mol. The molecule has 3 aliphatic heterocycles. The largest absolute Gasteiger partial charge is 0.371 e. The summed E-state index contributed by atoms with van der Waals surface area (Å²) in [4.78, 5) is 56.7. The Morgan fingerprint density at radius 2 is 1.69 bits per heavy atom. The summed E-state index contributed by atoms with van der Waals surface area (Å²) in [5.41, 5.74) is 6.15. The van der Waals surface area contributed by atoms with Crippen molar-refractivity contribution < 1.29 is 23.9 Å². The van der Waals surface area contributed by atoms with Gasteiger partial charge in [-0.2, -0.15) is 5.10 Å². The van der Waals surface area contributed by atoms with Crippen LogP contribution in [0.3, 0.4) is 0 Å². The molecule has 12 heteroatoms. The van der Waals surface area contributed by atoms with Gasteiger partial charge in [-0.05, 0) is 67.3 Å². The highest BCUT2D eigenvalue weighted by molar-refractivity contribution is 6.04. The van der Waals surface area contributed by atoms with Gasteiger partial charge >= 0.3 is 0 Å². The number of amides is 4. The van der Waals surface area contributed by atoms with Crippen LogP contribution < -0.4 is 15.5 Å². The molecule has 264 valence electrons. The number of piperidine rings is 2. The zero-order chi connectivity index (χ0) is 35.5. The van der Waals surface area contributed by atoms with Crippen molar-refractivity contribution in [3.8, 4) is 0 Å². The molecular formula is C39H43N7O5. The molecule has 0 bridgehead atoms. The number of anilines is 2. The van der Waals surface area contributed by atoms with E-state index < -0.39 is 6.10 Å². The summed E-state index contributed by atoms with van der Waals surface area (Å²) < 4.78 is 5.54. The maximum atomic E-state index is 13.3. The first kappa shape index (κ1) is 34.1. The van der Waals surface area contributed by atoms with Crippen LogP contribution in [-0.4, -0.2) is 76.9 Å². The van der Waals surface area contributed by atoms with Crippen LogP contribution >= 0.6 is 0 Å². The van der Waals surface area contributed by atoms with E-state index in [9.17, 15) is 19.2 Å². The van der Waals surface area contributed by atoms with E-state index in [0.29, 0.717) is 43.4 Å². The Labute approximate surface area is 297 Å². The molecule has 0 aliphatic carbocycles. The fourth-order valence-corrected chi connectivity index (χ4v) is 7.42. The van der Waals surface area contributed by atoms with Crippen molar-refractivity contribution in [2.24, 2.45) is 0 Å². The maximum Gasteiger partial charge on any atom is 0.256 e. The van der Waals surface area contributed by atoms with Gasteiger partial charge < -0.3 is 19.9 Å². The summed E-state index contributed by atoms with van der Waals surface area (Å²) in [6, 6.07) is 25.7. The average molecular weight is 690 g/mol. The van der Waals surface area contributed by atoms with Crippen LogP contribution in [0.1, 0.15) is 76.0 Å². The van der Waals surface area contributed by atoms with Gasteiger partial charge in [0.05, 0.1) is 24.7 Å². The van der Waals surface area contributed by atoms with Gasteiger partial charge in [-0.3, -0.25) is 34.5 Å². The van der Waals surface area contributed by atoms with Crippen molar-refractivity contribution in [2.75, 3.05) is 37.5 Å². The van der Waals surface area contributed by atoms with Crippen molar-refractivity contribution in [1.82, 2.24) is 25.3 Å². The number of H-pyrrole nitrogens is 1. The Hall–Kier alpha value is -5.33. The second-order valence-corrected chi connectivity index (χ2v) is 13.6. The van der Waals surface area contributed by atoms with Crippen LogP contribution in [0.25, 0.3) is 0 Å². The van der Waals surface area contributed by atoms with Crippen LogP contribution in [0.4, 0.5) is 11.5 Å². The smallest absolute Gasteiger partial charge is 0.256 e. The summed E-state index contributed by atoms with van der Waals surface area (Å²) >= 11 is 0. The molecule has 3 aromatic carbocycles. The van der Waals surface area contributed by atoms with E-state index in [1.54, 1.807) is 4.90 Å². The van der Waals surface area contributed by atoms with Crippen LogP contribution in [0.5, 0.6) is 0 Å². The monoisotopic (exact) mass is 689 g/mol. The summed E-state index contributed by atoms with van der Waals surface area (Å²) in [6.07, 6.45) is 2.27. The second kappa shape index (κ2) is 14.9. The number of rotatable bonds is 10. The lowest BCUT2D eigenvalue weighted by atomic mass is 9.90. The Kier molecular flexibility index (Phi) is 9.96. The van der Waals surface area contributed by atoms with Gasteiger partial charge in [0.2, 0.25) is 11.8 Å². The molecule has 4 heterocycles. The van der Waals surface area contributed by atoms with Crippen molar-refractivity contribution >= 4 is 35.1 Å². The maximum absolute atomic E-state index is 13.3. The zero-order valence-electron chi connectivity index (χ0n) is 28.9. The van der Waals surface area contributed by atoms with Gasteiger partial charge in [0.1, 0.15) is 0 Å². The molecule has 4 amide bonds. The highest BCUT2D eigenvalue weighted by Gasteiger charge is 2.34. The van der Waals surface area contributed by atoms with E-state index in [-0.39, 0.29) is 29.5 Å². The summed E-state index contributed by atoms with van der Waals surface area (Å²) in [7, 11) is 3.69. The highest BCUT2D eigenvalue weighted by Crippen LogP contribution is 2.31. The Morgan fingerprint density at radius 3 is 2.37 bits per heavy atom. The Balaban J connectivity index is 0.888. The molecule has 3 aliphatic rings. The van der Waals surface area contributed by atoms with Crippen molar-refractivity contribution in [1.29, 1.82) is 0 Å². The molecule has 2 atom stereocenters. The highest BCUT2D eigenvalue weighted by atomic mass is 16.5. The number of carbonyl (C=O) groups excluding carboxylic acids is 4. The minimum atomic E-state index is -0.704. The zero-order valence-corrected chi connectivity index (χ0v) is 28.9. The summed E-state index contributed by atoms with van der Waals surface area (Å²) in [5, 5.41) is 12.7. The van der Waals surface area contributed by atoms with Gasteiger partial charge in [0, 0.05) is 56.0 Å². The molecule has 4 aromatic rings. The summed E-state index contributed by atoms with van der Waals surface area (Å²) in [6.45, 7) is 3.34. The Morgan fingerprint density at radius 1 is 0.961 bits per heavy atom. The first-order valence-corrected chi connectivity index (χ1v) is 17.5. The van der Waals surface area contributed by atoms with E-state index in [1.807, 2.05) is 66.7 Å². The normalized spacial score (nSPS) is 18.5. The topological polar surface area (TPSA) is 140 Å². The van der Waals surface area contributed by atoms with Crippen molar-refractivity contribution in [2.45, 2.75) is 63.4 Å². The van der Waals surface area contributed by atoms with E-state index in [1.165, 1.54) is 12.7 Å². The van der Waals surface area contributed by atoms with E-state index >= 15 is 0 Å².